The largest absolute Gasteiger partial charge is 0.481 e. The van der Waals surface area contributed by atoms with Gasteiger partial charge in [-0.1, -0.05) is 11.6 Å². The lowest BCUT2D eigenvalue weighted by Gasteiger charge is -2.41. The van der Waals surface area contributed by atoms with E-state index in [1.807, 2.05) is 13.8 Å². The highest BCUT2D eigenvalue weighted by Gasteiger charge is 2.38. The minimum absolute atomic E-state index is 0.100. The van der Waals surface area contributed by atoms with Crippen molar-refractivity contribution in [3.05, 3.63) is 29.0 Å². The second-order valence-corrected chi connectivity index (χ2v) is 7.38. The number of carbonyl (C=O) groups excluding carboxylic acids is 2. The molecule has 3 rings (SSSR count). The van der Waals surface area contributed by atoms with Crippen LogP contribution in [0.25, 0.3) is 11.3 Å². The number of methoxy groups -OCH3 is 2. The van der Waals surface area contributed by atoms with Gasteiger partial charge in [-0.25, -0.2) is 4.98 Å². The van der Waals surface area contributed by atoms with Crippen molar-refractivity contribution < 1.29 is 19.1 Å². The molecule has 150 valence electrons. The first kappa shape index (κ1) is 20.1. The van der Waals surface area contributed by atoms with Gasteiger partial charge in [-0.05, 0) is 32.8 Å². The molecule has 0 bridgehead atoms. The Morgan fingerprint density at radius 2 is 1.89 bits per heavy atom. The molecule has 8 nitrogen and oxygen atoms in total. The highest BCUT2D eigenvalue weighted by Crippen LogP contribution is 2.32. The van der Waals surface area contributed by atoms with Crippen LogP contribution in [0, 0.1) is 5.92 Å². The third-order valence-electron chi connectivity index (χ3n) is 5.09. The van der Waals surface area contributed by atoms with Crippen molar-refractivity contribution in [1.82, 2.24) is 20.1 Å². The number of aromatic amines is 1. The quantitative estimate of drug-likeness (QED) is 0.784. The number of piperidine rings is 1. The van der Waals surface area contributed by atoms with Crippen LogP contribution in [0.1, 0.15) is 37.2 Å². The molecule has 1 saturated heterocycles. The number of hydrogen-bond acceptors (Lipinski definition) is 6. The number of nitrogens with one attached hydrogen (secondary N) is 1. The molecule has 1 amide bonds. The minimum atomic E-state index is -0.226. The molecule has 1 N–H and O–H groups in total. The van der Waals surface area contributed by atoms with Crippen LogP contribution in [0.5, 0.6) is 5.88 Å². The second-order valence-electron chi connectivity index (χ2n) is 6.98. The van der Waals surface area contributed by atoms with Gasteiger partial charge in [-0.2, -0.15) is 5.10 Å². The van der Waals surface area contributed by atoms with Crippen LogP contribution in [-0.4, -0.2) is 58.3 Å². The Morgan fingerprint density at radius 1 is 1.21 bits per heavy atom. The van der Waals surface area contributed by atoms with Crippen molar-refractivity contribution in [3.8, 4) is 17.1 Å². The summed E-state index contributed by atoms with van der Waals surface area (Å²) in [6.07, 6.45) is 2.61. The normalized spacial score (nSPS) is 22.0. The zero-order valence-electron chi connectivity index (χ0n) is 16.2. The average molecular weight is 407 g/mol. The molecule has 1 aliphatic rings. The van der Waals surface area contributed by atoms with E-state index in [0.29, 0.717) is 40.7 Å². The first-order valence-electron chi connectivity index (χ1n) is 9.01. The monoisotopic (exact) mass is 406 g/mol. The fourth-order valence-corrected chi connectivity index (χ4v) is 3.98. The third kappa shape index (κ3) is 3.82. The number of amides is 1. The van der Waals surface area contributed by atoms with E-state index < -0.39 is 0 Å². The Bertz CT molecular complexity index is 873. The number of halogens is 1. The van der Waals surface area contributed by atoms with Gasteiger partial charge in [-0.3, -0.25) is 14.7 Å². The lowest BCUT2D eigenvalue weighted by atomic mass is 9.87. The van der Waals surface area contributed by atoms with Gasteiger partial charge in [0.25, 0.3) is 5.91 Å². The first-order chi connectivity index (χ1) is 13.3. The number of rotatable bonds is 4. The van der Waals surface area contributed by atoms with Crippen LogP contribution >= 0.6 is 11.6 Å². The van der Waals surface area contributed by atoms with Crippen molar-refractivity contribution in [3.63, 3.8) is 0 Å². The molecule has 2 aromatic heterocycles. The van der Waals surface area contributed by atoms with E-state index in [0.717, 1.165) is 0 Å². The Morgan fingerprint density at radius 3 is 2.50 bits per heavy atom. The van der Waals surface area contributed by atoms with E-state index in [2.05, 4.69) is 15.2 Å². The SMILES string of the molecule is COC(=O)C1CC(C)N(C(=O)c2cc(-c3cc(OC)ncc3Cl)n[nH]2)C(C)C1. The summed E-state index contributed by atoms with van der Waals surface area (Å²) in [6.45, 7) is 3.87. The molecule has 9 heteroatoms. The van der Waals surface area contributed by atoms with Gasteiger partial charge < -0.3 is 14.4 Å². The predicted molar refractivity (Wildman–Crippen MR) is 103 cm³/mol. The fraction of sp³-hybridized carbons (Fsp3) is 0.474. The van der Waals surface area contributed by atoms with E-state index in [4.69, 9.17) is 21.1 Å². The van der Waals surface area contributed by atoms with Gasteiger partial charge in [-0.15, -0.1) is 0 Å². The summed E-state index contributed by atoms with van der Waals surface area (Å²) in [5.41, 5.74) is 1.50. The highest BCUT2D eigenvalue weighted by molar-refractivity contribution is 6.33. The molecule has 2 atom stereocenters. The molecule has 0 radical (unpaired) electrons. The van der Waals surface area contributed by atoms with Crippen LogP contribution < -0.4 is 4.74 Å². The molecule has 2 aromatic rings. The van der Waals surface area contributed by atoms with E-state index in [1.54, 1.807) is 17.0 Å². The molecule has 3 heterocycles. The maximum absolute atomic E-state index is 13.1. The van der Waals surface area contributed by atoms with Crippen molar-refractivity contribution in [2.75, 3.05) is 14.2 Å². The molecule has 2 unspecified atom stereocenters. The van der Waals surface area contributed by atoms with E-state index >= 15 is 0 Å². The molecule has 1 fully saturated rings. The minimum Gasteiger partial charge on any atom is -0.481 e. The van der Waals surface area contributed by atoms with Crippen molar-refractivity contribution in [1.29, 1.82) is 0 Å². The molecule has 0 aliphatic carbocycles. The number of hydrogen-bond donors (Lipinski definition) is 1. The lowest BCUT2D eigenvalue weighted by Crippen LogP contribution is -2.51. The zero-order valence-corrected chi connectivity index (χ0v) is 17.0. The summed E-state index contributed by atoms with van der Waals surface area (Å²) in [4.78, 5) is 30.8. The lowest BCUT2D eigenvalue weighted by molar-refractivity contribution is -0.148. The number of ether oxygens (including phenoxy) is 2. The van der Waals surface area contributed by atoms with E-state index in [-0.39, 0.29) is 29.9 Å². The van der Waals surface area contributed by atoms with Crippen LogP contribution in [0.4, 0.5) is 0 Å². The zero-order chi connectivity index (χ0) is 20.4. The molecular formula is C19H23ClN4O4. The number of esters is 1. The second kappa shape index (κ2) is 8.18. The maximum atomic E-state index is 13.1. The van der Waals surface area contributed by atoms with Crippen molar-refractivity contribution >= 4 is 23.5 Å². The standard InChI is InChI=1S/C19H23ClN4O4/c1-10-5-12(19(26)28-4)6-11(2)24(10)18(25)16-8-15(22-23-16)13-7-17(27-3)21-9-14(13)20/h7-12H,5-6H2,1-4H3,(H,22,23). The summed E-state index contributed by atoms with van der Waals surface area (Å²) in [5, 5.41) is 7.44. The molecular weight excluding hydrogens is 384 g/mol. The Hall–Kier alpha value is -2.61. The number of carbonyl (C=O) groups is 2. The number of pyridine rings is 1. The summed E-state index contributed by atoms with van der Waals surface area (Å²) in [6, 6.07) is 3.13. The fourth-order valence-electron chi connectivity index (χ4n) is 3.78. The Kier molecular flexibility index (Phi) is 5.88. The van der Waals surface area contributed by atoms with Gasteiger partial charge in [0.1, 0.15) is 5.69 Å². The Labute approximate surface area is 168 Å². The number of likely N-dealkylation sites (tertiary alicyclic amines) is 1. The molecule has 28 heavy (non-hydrogen) atoms. The highest BCUT2D eigenvalue weighted by atomic mass is 35.5. The van der Waals surface area contributed by atoms with Crippen molar-refractivity contribution in [2.24, 2.45) is 5.92 Å². The maximum Gasteiger partial charge on any atom is 0.308 e. The summed E-state index contributed by atoms with van der Waals surface area (Å²) in [5.74, 6) is -0.183. The topological polar surface area (TPSA) is 97.4 Å². The molecule has 0 aromatic carbocycles. The number of nitrogens with zero attached hydrogens (tertiary/aromatic N) is 3. The van der Waals surface area contributed by atoms with Gasteiger partial charge in [0, 0.05) is 23.7 Å². The summed E-state index contributed by atoms with van der Waals surface area (Å²) < 4.78 is 9.99. The van der Waals surface area contributed by atoms with Gasteiger partial charge in [0.05, 0.1) is 37.1 Å². The average Bonchev–Trinajstić information content (AvgIpc) is 3.17. The van der Waals surface area contributed by atoms with Crippen LogP contribution in [-0.2, 0) is 9.53 Å². The molecule has 0 saturated carbocycles. The van der Waals surface area contributed by atoms with E-state index in [1.165, 1.54) is 20.4 Å². The third-order valence-corrected chi connectivity index (χ3v) is 5.39. The smallest absolute Gasteiger partial charge is 0.308 e. The number of H-pyrrole nitrogens is 1. The van der Waals surface area contributed by atoms with Gasteiger partial charge in [0.2, 0.25) is 5.88 Å². The van der Waals surface area contributed by atoms with Crippen LogP contribution in [0.2, 0.25) is 5.02 Å². The first-order valence-corrected chi connectivity index (χ1v) is 9.39. The van der Waals surface area contributed by atoms with E-state index in [9.17, 15) is 9.59 Å². The molecule has 1 aliphatic heterocycles. The summed E-state index contributed by atoms with van der Waals surface area (Å²) >= 11 is 6.22. The number of aromatic nitrogens is 3. The molecule has 0 spiro atoms. The van der Waals surface area contributed by atoms with Gasteiger partial charge >= 0.3 is 5.97 Å². The van der Waals surface area contributed by atoms with Crippen molar-refractivity contribution in [2.45, 2.75) is 38.8 Å². The predicted octanol–water partition coefficient (Wildman–Crippen LogP) is 2.94. The van der Waals surface area contributed by atoms with Gasteiger partial charge in [0.15, 0.2) is 0 Å². The summed E-state index contributed by atoms with van der Waals surface area (Å²) in [7, 11) is 2.90. The van der Waals surface area contributed by atoms with Crippen LogP contribution in [0.15, 0.2) is 18.3 Å². The van der Waals surface area contributed by atoms with Crippen LogP contribution in [0.3, 0.4) is 0 Å². The Balaban J connectivity index is 1.82.